The molecule has 6 nitrogen and oxygen atoms in total. The largest absolute Gasteiger partial charge is 0.326 e. The summed E-state index contributed by atoms with van der Waals surface area (Å²) in [5.74, 6) is -0.284. The first-order valence-corrected chi connectivity index (χ1v) is 9.05. The topological polar surface area (TPSA) is 87.3 Å². The van der Waals surface area contributed by atoms with Crippen LogP contribution in [0.5, 0.6) is 0 Å². The van der Waals surface area contributed by atoms with Crippen LogP contribution in [0.2, 0.25) is 0 Å². The van der Waals surface area contributed by atoms with E-state index in [1.807, 2.05) is 12.1 Å². The van der Waals surface area contributed by atoms with E-state index in [9.17, 15) is 14.4 Å². The van der Waals surface area contributed by atoms with E-state index < -0.39 is 5.91 Å². The number of amides is 3. The summed E-state index contributed by atoms with van der Waals surface area (Å²) < 4.78 is 0. The van der Waals surface area contributed by atoms with Gasteiger partial charge >= 0.3 is 0 Å². The van der Waals surface area contributed by atoms with Crippen LogP contribution in [-0.4, -0.2) is 17.7 Å². The van der Waals surface area contributed by atoms with Gasteiger partial charge in [0.1, 0.15) is 0 Å². The molecule has 0 atom stereocenters. The number of rotatable bonds is 5. The van der Waals surface area contributed by atoms with E-state index in [4.69, 9.17) is 0 Å². The highest BCUT2D eigenvalue weighted by Gasteiger charge is 2.29. The molecule has 2 aromatic rings. The third-order valence-corrected chi connectivity index (χ3v) is 4.49. The number of anilines is 1. The number of hydrogen-bond donors (Lipinski definition) is 3. The van der Waals surface area contributed by atoms with Gasteiger partial charge in [-0.05, 0) is 60.7 Å². The first-order valence-electron chi connectivity index (χ1n) is 9.05. The Bertz CT molecular complexity index is 838. The highest BCUT2D eigenvalue weighted by atomic mass is 16.2. The number of hydrogen-bond acceptors (Lipinski definition) is 3. The molecule has 0 unspecified atom stereocenters. The van der Waals surface area contributed by atoms with Crippen LogP contribution in [0.4, 0.5) is 5.69 Å². The summed E-state index contributed by atoms with van der Waals surface area (Å²) in [6.07, 6.45) is 1.87. The van der Waals surface area contributed by atoms with Gasteiger partial charge in [-0.3, -0.25) is 25.2 Å². The Balaban J connectivity index is 1.52. The van der Waals surface area contributed by atoms with Gasteiger partial charge in [0.2, 0.25) is 5.91 Å². The van der Waals surface area contributed by atoms with Crippen LogP contribution >= 0.6 is 0 Å². The second-order valence-electron chi connectivity index (χ2n) is 7.03. The molecule has 140 valence electrons. The van der Waals surface area contributed by atoms with Gasteiger partial charge in [-0.2, -0.15) is 0 Å². The van der Waals surface area contributed by atoms with Crippen molar-refractivity contribution in [2.24, 2.45) is 5.92 Å². The zero-order valence-corrected chi connectivity index (χ0v) is 15.4. The molecule has 0 bridgehead atoms. The minimum Gasteiger partial charge on any atom is -0.326 e. The zero-order chi connectivity index (χ0) is 19.4. The fourth-order valence-electron chi connectivity index (χ4n) is 2.57. The van der Waals surface area contributed by atoms with E-state index in [1.54, 1.807) is 36.4 Å². The van der Waals surface area contributed by atoms with Crippen molar-refractivity contribution in [3.05, 3.63) is 65.2 Å². The predicted octanol–water partition coefficient (Wildman–Crippen LogP) is 3.23. The molecule has 1 aliphatic carbocycles. The molecular weight excluding hydrogens is 342 g/mol. The molecule has 6 heteroatoms. The second-order valence-corrected chi connectivity index (χ2v) is 7.03. The van der Waals surface area contributed by atoms with Gasteiger partial charge in [0.25, 0.3) is 11.8 Å². The van der Waals surface area contributed by atoms with Crippen LogP contribution in [0, 0.1) is 5.92 Å². The first kappa shape index (κ1) is 18.6. The molecule has 0 spiro atoms. The molecule has 1 saturated carbocycles. The molecule has 27 heavy (non-hydrogen) atoms. The van der Waals surface area contributed by atoms with Gasteiger partial charge in [0, 0.05) is 22.7 Å². The van der Waals surface area contributed by atoms with Crippen molar-refractivity contribution < 1.29 is 14.4 Å². The molecule has 0 radical (unpaired) electrons. The fourth-order valence-corrected chi connectivity index (χ4v) is 2.57. The van der Waals surface area contributed by atoms with E-state index in [0.717, 1.165) is 18.4 Å². The molecule has 0 saturated heterocycles. The maximum Gasteiger partial charge on any atom is 0.269 e. The van der Waals surface area contributed by atoms with Gasteiger partial charge in [0.15, 0.2) is 0 Å². The Morgan fingerprint density at radius 2 is 1.30 bits per heavy atom. The number of carbonyl (C=O) groups excluding carboxylic acids is 3. The molecule has 0 aromatic heterocycles. The fraction of sp³-hybridized carbons (Fsp3) is 0.286. The number of benzene rings is 2. The molecule has 1 aliphatic rings. The SMILES string of the molecule is CC(C)c1ccc(C(=O)NNC(=O)c2ccc(NC(=O)C3CC3)cc2)cc1. The van der Waals surface area contributed by atoms with Gasteiger partial charge in [-0.15, -0.1) is 0 Å². The second kappa shape index (κ2) is 8.03. The lowest BCUT2D eigenvalue weighted by molar-refractivity contribution is -0.117. The van der Waals surface area contributed by atoms with Crippen LogP contribution in [0.15, 0.2) is 48.5 Å². The third-order valence-electron chi connectivity index (χ3n) is 4.49. The summed E-state index contributed by atoms with van der Waals surface area (Å²) in [5, 5.41) is 2.81. The van der Waals surface area contributed by atoms with Crippen molar-refractivity contribution in [1.82, 2.24) is 10.9 Å². The van der Waals surface area contributed by atoms with Crippen molar-refractivity contribution >= 4 is 23.4 Å². The van der Waals surface area contributed by atoms with Crippen LogP contribution in [-0.2, 0) is 4.79 Å². The van der Waals surface area contributed by atoms with Gasteiger partial charge < -0.3 is 5.32 Å². The standard InChI is InChI=1S/C21H23N3O3/c1-13(2)14-3-5-16(6-4-14)20(26)23-24-21(27)17-9-11-18(12-10-17)22-19(25)15-7-8-15/h3-6,9-13,15H,7-8H2,1-2H3,(H,22,25)(H,23,26)(H,24,27). The smallest absolute Gasteiger partial charge is 0.269 e. The molecule has 2 aromatic carbocycles. The molecule has 3 rings (SSSR count). The van der Waals surface area contributed by atoms with Crippen molar-refractivity contribution in [2.45, 2.75) is 32.6 Å². The summed E-state index contributed by atoms with van der Waals surface area (Å²) in [5.41, 5.74) is 7.45. The summed E-state index contributed by atoms with van der Waals surface area (Å²) in [6, 6.07) is 13.8. The normalized spacial score (nSPS) is 13.1. The predicted molar refractivity (Wildman–Crippen MR) is 103 cm³/mol. The van der Waals surface area contributed by atoms with Crippen LogP contribution in [0.25, 0.3) is 0 Å². The summed E-state index contributed by atoms with van der Waals surface area (Å²) in [7, 11) is 0. The maximum absolute atomic E-state index is 12.2. The van der Waals surface area contributed by atoms with E-state index in [1.165, 1.54) is 0 Å². The maximum atomic E-state index is 12.2. The van der Waals surface area contributed by atoms with Crippen molar-refractivity contribution in [1.29, 1.82) is 0 Å². The Kier molecular flexibility index (Phi) is 5.54. The summed E-state index contributed by atoms with van der Waals surface area (Å²) in [6.45, 7) is 4.16. The quantitative estimate of drug-likeness (QED) is 0.711. The number of hydrazine groups is 1. The first-order chi connectivity index (χ1) is 12.9. The Hall–Kier alpha value is -3.15. The number of nitrogens with one attached hydrogen (secondary N) is 3. The van der Waals surface area contributed by atoms with Crippen molar-refractivity contribution in [2.75, 3.05) is 5.32 Å². The molecule has 3 N–H and O–H groups in total. The zero-order valence-electron chi connectivity index (χ0n) is 15.4. The Labute approximate surface area is 158 Å². The van der Waals surface area contributed by atoms with Crippen molar-refractivity contribution in [3.63, 3.8) is 0 Å². The molecule has 0 heterocycles. The van der Waals surface area contributed by atoms with E-state index >= 15 is 0 Å². The minimum absolute atomic E-state index is 0.0166. The summed E-state index contributed by atoms with van der Waals surface area (Å²) >= 11 is 0. The summed E-state index contributed by atoms with van der Waals surface area (Å²) in [4.78, 5) is 36.0. The average molecular weight is 365 g/mol. The number of carbonyl (C=O) groups is 3. The Morgan fingerprint density at radius 3 is 1.74 bits per heavy atom. The molecule has 1 fully saturated rings. The minimum atomic E-state index is -0.428. The van der Waals surface area contributed by atoms with E-state index in [2.05, 4.69) is 30.0 Å². The Morgan fingerprint density at radius 1 is 0.815 bits per heavy atom. The molecule has 0 aliphatic heterocycles. The lowest BCUT2D eigenvalue weighted by Crippen LogP contribution is -2.41. The molecular formula is C21H23N3O3. The van der Waals surface area contributed by atoms with Crippen LogP contribution < -0.4 is 16.2 Å². The van der Waals surface area contributed by atoms with Crippen LogP contribution in [0.3, 0.4) is 0 Å². The van der Waals surface area contributed by atoms with Gasteiger partial charge in [-0.1, -0.05) is 26.0 Å². The van der Waals surface area contributed by atoms with E-state index in [0.29, 0.717) is 22.7 Å². The highest BCUT2D eigenvalue weighted by molar-refractivity contribution is 5.99. The van der Waals surface area contributed by atoms with Crippen LogP contribution in [0.1, 0.15) is 58.9 Å². The molecule has 3 amide bonds. The van der Waals surface area contributed by atoms with E-state index in [-0.39, 0.29) is 17.7 Å². The third kappa shape index (κ3) is 4.94. The lowest BCUT2D eigenvalue weighted by atomic mass is 10.0. The van der Waals surface area contributed by atoms with Gasteiger partial charge in [-0.25, -0.2) is 0 Å². The average Bonchev–Trinajstić information content (AvgIpc) is 3.52. The van der Waals surface area contributed by atoms with Crippen molar-refractivity contribution in [3.8, 4) is 0 Å². The highest BCUT2D eigenvalue weighted by Crippen LogP contribution is 2.30. The monoisotopic (exact) mass is 365 g/mol. The lowest BCUT2D eigenvalue weighted by Gasteiger charge is -2.10. The van der Waals surface area contributed by atoms with Gasteiger partial charge in [0.05, 0.1) is 0 Å².